The largest absolute Gasteiger partial charge is 0.494 e. The highest BCUT2D eigenvalue weighted by Gasteiger charge is 2.09. The predicted molar refractivity (Wildman–Crippen MR) is 97.6 cm³/mol. The van der Waals surface area contributed by atoms with Gasteiger partial charge in [0.25, 0.3) is 5.91 Å². The lowest BCUT2D eigenvalue weighted by Gasteiger charge is -2.07. The fourth-order valence-corrected chi connectivity index (χ4v) is 2.14. The molecule has 0 aliphatic rings. The Bertz CT molecular complexity index is 806. The molecule has 1 N–H and O–H groups in total. The molecule has 7 heteroatoms. The first-order valence-corrected chi connectivity index (χ1v) is 8.18. The minimum absolute atomic E-state index is 0.0801. The second-order valence-corrected chi connectivity index (χ2v) is 5.55. The Labute approximate surface area is 155 Å². The topological polar surface area (TPSA) is 64.6 Å². The quantitative estimate of drug-likeness (QED) is 0.583. The Balaban J connectivity index is 1.82. The van der Waals surface area contributed by atoms with Crippen molar-refractivity contribution in [2.45, 2.75) is 6.92 Å². The molecular formula is C19H17ClFNO4. The lowest BCUT2D eigenvalue weighted by molar-refractivity contribution is -0.142. The van der Waals surface area contributed by atoms with Crippen molar-refractivity contribution in [2.24, 2.45) is 0 Å². The first kappa shape index (κ1) is 19.5. The summed E-state index contributed by atoms with van der Waals surface area (Å²) in [5.74, 6) is -1.27. The van der Waals surface area contributed by atoms with E-state index < -0.39 is 24.3 Å². The summed E-state index contributed by atoms with van der Waals surface area (Å²) in [6, 6.07) is 10.9. The van der Waals surface area contributed by atoms with Crippen molar-refractivity contribution < 1.29 is 23.5 Å². The first-order chi connectivity index (χ1) is 12.5. The van der Waals surface area contributed by atoms with Crippen LogP contribution in [0.5, 0.6) is 5.75 Å². The third-order valence-corrected chi connectivity index (χ3v) is 3.39. The summed E-state index contributed by atoms with van der Waals surface area (Å²) in [5.41, 5.74) is 0.694. The lowest BCUT2D eigenvalue weighted by Crippen LogP contribution is -2.20. The minimum Gasteiger partial charge on any atom is -0.494 e. The zero-order chi connectivity index (χ0) is 18.9. The molecule has 2 aromatic carbocycles. The average molecular weight is 378 g/mol. The van der Waals surface area contributed by atoms with E-state index in [1.54, 1.807) is 30.3 Å². The molecule has 136 valence electrons. The second kappa shape index (κ2) is 9.58. The van der Waals surface area contributed by atoms with Crippen LogP contribution in [0.15, 0.2) is 48.5 Å². The zero-order valence-electron chi connectivity index (χ0n) is 14.0. The molecule has 0 heterocycles. The summed E-state index contributed by atoms with van der Waals surface area (Å²) >= 11 is 5.73. The summed E-state index contributed by atoms with van der Waals surface area (Å²) in [4.78, 5) is 23.4. The van der Waals surface area contributed by atoms with Crippen LogP contribution in [-0.4, -0.2) is 25.1 Å². The van der Waals surface area contributed by atoms with E-state index in [1.165, 1.54) is 18.2 Å². The standard InChI is InChI=1S/C19H17ClFNO4/c1-2-25-15-7-3-13(4-8-15)5-10-19(24)26-12-18(23)22-17-11-14(20)6-9-16(17)21/h3-11H,2,12H2,1H3,(H,22,23)/b10-5+. The number of esters is 1. The Morgan fingerprint density at radius 2 is 1.92 bits per heavy atom. The van der Waals surface area contributed by atoms with Crippen LogP contribution >= 0.6 is 11.6 Å². The molecule has 2 aromatic rings. The van der Waals surface area contributed by atoms with E-state index in [0.29, 0.717) is 6.61 Å². The van der Waals surface area contributed by atoms with Gasteiger partial charge >= 0.3 is 5.97 Å². The van der Waals surface area contributed by atoms with Crippen molar-refractivity contribution in [3.63, 3.8) is 0 Å². The van der Waals surface area contributed by atoms with Crippen molar-refractivity contribution in [2.75, 3.05) is 18.5 Å². The highest BCUT2D eigenvalue weighted by molar-refractivity contribution is 6.30. The molecule has 0 bridgehead atoms. The summed E-state index contributed by atoms with van der Waals surface area (Å²) in [5, 5.41) is 2.56. The smallest absolute Gasteiger partial charge is 0.331 e. The number of carbonyl (C=O) groups is 2. The van der Waals surface area contributed by atoms with Crippen LogP contribution < -0.4 is 10.1 Å². The van der Waals surface area contributed by atoms with Gasteiger partial charge in [-0.05, 0) is 48.9 Å². The number of amides is 1. The van der Waals surface area contributed by atoms with E-state index in [-0.39, 0.29) is 10.7 Å². The van der Waals surface area contributed by atoms with Crippen molar-refractivity contribution in [3.05, 3.63) is 64.9 Å². The second-order valence-electron chi connectivity index (χ2n) is 5.12. The highest BCUT2D eigenvalue weighted by Crippen LogP contribution is 2.19. The Morgan fingerprint density at radius 3 is 2.62 bits per heavy atom. The molecule has 26 heavy (non-hydrogen) atoms. The van der Waals surface area contributed by atoms with E-state index in [1.807, 2.05) is 6.92 Å². The number of hydrogen-bond acceptors (Lipinski definition) is 4. The van der Waals surface area contributed by atoms with Crippen LogP contribution in [0.4, 0.5) is 10.1 Å². The zero-order valence-corrected chi connectivity index (χ0v) is 14.8. The molecule has 0 radical (unpaired) electrons. The highest BCUT2D eigenvalue weighted by atomic mass is 35.5. The van der Waals surface area contributed by atoms with Crippen LogP contribution in [0.3, 0.4) is 0 Å². The summed E-state index contributed by atoms with van der Waals surface area (Å²) < 4.78 is 23.6. The van der Waals surface area contributed by atoms with Crippen molar-refractivity contribution in [1.29, 1.82) is 0 Å². The van der Waals surface area contributed by atoms with Gasteiger partial charge in [0, 0.05) is 11.1 Å². The van der Waals surface area contributed by atoms with E-state index in [2.05, 4.69) is 5.32 Å². The molecule has 0 aliphatic carbocycles. The molecule has 0 unspecified atom stereocenters. The fourth-order valence-electron chi connectivity index (χ4n) is 1.97. The molecule has 2 rings (SSSR count). The number of anilines is 1. The van der Waals surface area contributed by atoms with Gasteiger partial charge in [0.15, 0.2) is 6.61 Å². The van der Waals surface area contributed by atoms with Crippen molar-refractivity contribution in [1.82, 2.24) is 0 Å². The number of ether oxygens (including phenoxy) is 2. The van der Waals surface area contributed by atoms with Gasteiger partial charge < -0.3 is 14.8 Å². The predicted octanol–water partition coefficient (Wildman–Crippen LogP) is 4.07. The molecule has 0 aromatic heterocycles. The van der Waals surface area contributed by atoms with Crippen LogP contribution in [0.1, 0.15) is 12.5 Å². The van der Waals surface area contributed by atoms with E-state index in [0.717, 1.165) is 17.4 Å². The van der Waals surface area contributed by atoms with Crippen LogP contribution in [0.25, 0.3) is 6.08 Å². The van der Waals surface area contributed by atoms with Gasteiger partial charge in [-0.25, -0.2) is 9.18 Å². The summed E-state index contributed by atoms with van der Waals surface area (Å²) in [6.45, 7) is 1.92. The van der Waals surface area contributed by atoms with E-state index in [4.69, 9.17) is 21.1 Å². The molecule has 1 amide bonds. The van der Waals surface area contributed by atoms with Gasteiger partial charge in [-0.15, -0.1) is 0 Å². The number of halogens is 2. The average Bonchev–Trinajstić information content (AvgIpc) is 2.63. The van der Waals surface area contributed by atoms with Crippen LogP contribution in [0.2, 0.25) is 5.02 Å². The third-order valence-electron chi connectivity index (χ3n) is 3.15. The molecule has 0 saturated carbocycles. The molecule has 0 spiro atoms. The number of carbonyl (C=O) groups excluding carboxylic acids is 2. The number of rotatable bonds is 7. The molecular weight excluding hydrogens is 361 g/mol. The first-order valence-electron chi connectivity index (χ1n) is 7.80. The van der Waals surface area contributed by atoms with Gasteiger partial charge in [-0.2, -0.15) is 0 Å². The number of hydrogen-bond donors (Lipinski definition) is 1. The summed E-state index contributed by atoms with van der Waals surface area (Å²) in [6.07, 6.45) is 2.75. The van der Waals surface area contributed by atoms with Gasteiger partial charge in [0.2, 0.25) is 0 Å². The fraction of sp³-hybridized carbons (Fsp3) is 0.158. The maximum Gasteiger partial charge on any atom is 0.331 e. The minimum atomic E-state index is -0.694. The van der Waals surface area contributed by atoms with Gasteiger partial charge in [-0.1, -0.05) is 23.7 Å². The number of nitrogens with one attached hydrogen (secondary N) is 1. The van der Waals surface area contributed by atoms with Crippen molar-refractivity contribution in [3.8, 4) is 5.75 Å². The van der Waals surface area contributed by atoms with Crippen LogP contribution in [0, 0.1) is 5.82 Å². The van der Waals surface area contributed by atoms with Crippen molar-refractivity contribution >= 4 is 35.2 Å². The van der Waals surface area contributed by atoms with E-state index in [9.17, 15) is 14.0 Å². The van der Waals surface area contributed by atoms with E-state index >= 15 is 0 Å². The lowest BCUT2D eigenvalue weighted by atomic mass is 10.2. The van der Waals surface area contributed by atoms with Gasteiger partial charge in [0.1, 0.15) is 11.6 Å². The normalized spacial score (nSPS) is 10.6. The summed E-state index contributed by atoms with van der Waals surface area (Å²) in [7, 11) is 0. The molecule has 0 atom stereocenters. The maximum absolute atomic E-state index is 13.5. The van der Waals surface area contributed by atoms with Gasteiger partial charge in [-0.3, -0.25) is 4.79 Å². The Kier molecular flexibility index (Phi) is 7.17. The molecule has 0 saturated heterocycles. The molecule has 0 fully saturated rings. The monoisotopic (exact) mass is 377 g/mol. The maximum atomic E-state index is 13.5. The molecule has 5 nitrogen and oxygen atoms in total. The Morgan fingerprint density at radius 1 is 1.19 bits per heavy atom. The van der Waals surface area contributed by atoms with Crippen LogP contribution in [-0.2, 0) is 14.3 Å². The van der Waals surface area contributed by atoms with Gasteiger partial charge in [0.05, 0.1) is 12.3 Å². The SMILES string of the molecule is CCOc1ccc(/C=C/C(=O)OCC(=O)Nc2cc(Cl)ccc2F)cc1. The third kappa shape index (κ3) is 6.22. The number of benzene rings is 2. The Hall–Kier alpha value is -2.86. The molecule has 0 aliphatic heterocycles.